The van der Waals surface area contributed by atoms with E-state index >= 15 is 0 Å². The van der Waals surface area contributed by atoms with Gasteiger partial charge in [0, 0.05) is 0 Å². The summed E-state index contributed by atoms with van der Waals surface area (Å²) in [5.41, 5.74) is 17.8. The second kappa shape index (κ2) is 18.9. The first-order valence-electron chi connectivity index (χ1n) is 20.6. The molecule has 0 heterocycles. The van der Waals surface area contributed by atoms with Crippen LogP contribution in [0.25, 0.3) is 22.3 Å². The fourth-order valence-electron chi connectivity index (χ4n) is 8.17. The van der Waals surface area contributed by atoms with Crippen LogP contribution in [0.1, 0.15) is 142 Å². The number of benzene rings is 4. The van der Waals surface area contributed by atoms with Crippen molar-refractivity contribution in [2.24, 2.45) is 0 Å². The monoisotopic (exact) mass is 964 g/mol. The van der Waals surface area contributed by atoms with Crippen molar-refractivity contribution in [3.05, 3.63) is 176 Å². The fourth-order valence-corrected chi connectivity index (χ4v) is 8.99. The second-order valence-corrected chi connectivity index (χ2v) is 19.9. The maximum absolute atomic E-state index is 12.5. The molecule has 3 aliphatic carbocycles. The maximum Gasteiger partial charge on any atom is -1.00 e. The minimum atomic E-state index is -4.41. The average molecular weight is 967 g/mol. The molecular weight excluding hydrogens is 913 g/mol. The molecule has 0 bridgehead atoms. The topological polar surface area (TPSA) is 0 Å². The number of allylic oxidation sites excluding steroid dienone is 4. The SMILES string of the molecule is CC1=C[CH-]C(C)(C)c2cc3c(cc21)-c1cc2c(cc1C3)C(C)(C)CC=C2C.CCc1cc(C(C)(C)C)c[cH-]1.FC(F)(F)c1ccc([C](=[Zr+2])c2ccc(C(F)(F)F)cc2)cc1.[Cl-].[Cl-]. The van der Waals surface area contributed by atoms with E-state index in [0.717, 1.165) is 67.8 Å². The van der Waals surface area contributed by atoms with Gasteiger partial charge in [-0.25, -0.2) is 18.6 Å². The van der Waals surface area contributed by atoms with Crippen LogP contribution in [0.4, 0.5) is 26.3 Å². The smallest absolute Gasteiger partial charge is 1.00 e. The van der Waals surface area contributed by atoms with E-state index in [-0.39, 0.29) is 35.6 Å². The summed E-state index contributed by atoms with van der Waals surface area (Å²) in [5.74, 6) is 0. The Hall–Kier alpha value is -3.51. The van der Waals surface area contributed by atoms with Crippen molar-refractivity contribution in [3.8, 4) is 11.1 Å². The van der Waals surface area contributed by atoms with Crippen LogP contribution in [-0.2, 0) is 65.7 Å². The van der Waals surface area contributed by atoms with E-state index in [1.807, 2.05) is 0 Å². The van der Waals surface area contributed by atoms with Gasteiger partial charge >= 0.3 is 137 Å². The Labute approximate surface area is 391 Å². The Kier molecular flexibility index (Phi) is 15.6. The standard InChI is InChI=1S/C27H29.C15H8F6.C11H17.2ClH.Zr/c1-16-7-9-26(3,4)24-12-18-11-19-13-25-21(17(2)8-10-27(25,5)6)15-23(19)22(18)14-20(16)24;16-14(17,18)12-5-1-10(2-6-12)9-11-3-7-13(8-4-11)15(19,20)21;1-5-9-6-7-10(8-9)11(2,3)4;;;/h7-9,12-15H,10-11H2,1-6H3;1-8H;6-8H,5H2,1-4H3;2*1H;/q-1;;-1;;;+2/p-2. The van der Waals surface area contributed by atoms with Crippen LogP contribution >= 0.6 is 0 Å². The molecule has 0 radical (unpaired) electrons. The molecule has 0 spiro atoms. The summed E-state index contributed by atoms with van der Waals surface area (Å²) in [6, 6.07) is 25.9. The van der Waals surface area contributed by atoms with Crippen molar-refractivity contribution in [1.82, 2.24) is 0 Å². The largest absolute Gasteiger partial charge is 1.00 e. The number of hydrogen-bond acceptors (Lipinski definition) is 0. The molecule has 0 saturated heterocycles. The van der Waals surface area contributed by atoms with Crippen LogP contribution in [0.5, 0.6) is 0 Å². The molecule has 5 aromatic rings. The summed E-state index contributed by atoms with van der Waals surface area (Å²) in [4.78, 5) is 0. The van der Waals surface area contributed by atoms with Crippen LogP contribution < -0.4 is 24.8 Å². The van der Waals surface area contributed by atoms with Crippen molar-refractivity contribution in [1.29, 1.82) is 0 Å². The van der Waals surface area contributed by atoms with E-state index in [2.05, 4.69) is 130 Å². The zero-order valence-corrected chi connectivity index (χ0v) is 41.0. The molecule has 0 aliphatic heterocycles. The van der Waals surface area contributed by atoms with Crippen molar-refractivity contribution in [3.63, 3.8) is 0 Å². The van der Waals surface area contributed by atoms with Gasteiger partial charge in [0.25, 0.3) is 0 Å². The first-order valence-corrected chi connectivity index (χ1v) is 21.8. The predicted octanol–water partition coefficient (Wildman–Crippen LogP) is 9.35. The van der Waals surface area contributed by atoms with Crippen LogP contribution in [-0.4, -0.2) is 3.21 Å². The van der Waals surface area contributed by atoms with E-state index in [1.165, 1.54) is 91.0 Å². The summed E-state index contributed by atoms with van der Waals surface area (Å²) < 4.78 is 75.6. The molecule has 0 atom stereocenters. The first kappa shape index (κ1) is 51.1. The van der Waals surface area contributed by atoms with Gasteiger partial charge in [-0.2, -0.15) is 28.8 Å². The molecule has 62 heavy (non-hydrogen) atoms. The second-order valence-electron chi connectivity index (χ2n) is 18.6. The van der Waals surface area contributed by atoms with Crippen molar-refractivity contribution in [2.75, 3.05) is 0 Å². The summed E-state index contributed by atoms with van der Waals surface area (Å²) in [5, 5.41) is 0. The summed E-state index contributed by atoms with van der Waals surface area (Å²) >= 11 is 0.898. The molecular formula is C53H54Cl2F6Zr-2. The van der Waals surface area contributed by atoms with Gasteiger partial charge in [-0.15, -0.1) is 12.5 Å². The number of alkyl halides is 6. The minimum Gasteiger partial charge on any atom is -1.00 e. The van der Waals surface area contributed by atoms with E-state index in [4.69, 9.17) is 0 Å². The molecule has 3 aliphatic rings. The Balaban J connectivity index is 0.000000218. The third-order valence-electron chi connectivity index (χ3n) is 12.2. The van der Waals surface area contributed by atoms with Gasteiger partial charge in [-0.3, -0.25) is 0 Å². The fraction of sp³-hybridized carbons (Fsp3) is 0.340. The minimum absolute atomic E-state index is 0. The van der Waals surface area contributed by atoms with Gasteiger partial charge in [0.05, 0.1) is 0 Å². The average Bonchev–Trinajstić information content (AvgIpc) is 3.82. The van der Waals surface area contributed by atoms with E-state index < -0.39 is 23.5 Å². The Morgan fingerprint density at radius 3 is 1.53 bits per heavy atom. The van der Waals surface area contributed by atoms with Crippen LogP contribution in [0.2, 0.25) is 0 Å². The summed E-state index contributed by atoms with van der Waals surface area (Å²) in [6.07, 6.45) is 1.62. The maximum atomic E-state index is 12.5. The number of fused-ring (bicyclic) bond motifs is 5. The van der Waals surface area contributed by atoms with Crippen molar-refractivity contribution >= 4 is 14.4 Å². The van der Waals surface area contributed by atoms with Crippen molar-refractivity contribution in [2.45, 2.75) is 117 Å². The first-order chi connectivity index (χ1) is 27.8. The van der Waals surface area contributed by atoms with Crippen molar-refractivity contribution < 1.29 is 75.4 Å². The van der Waals surface area contributed by atoms with Gasteiger partial charge in [-0.05, 0) is 70.2 Å². The van der Waals surface area contributed by atoms with Crippen LogP contribution in [0, 0.1) is 6.42 Å². The molecule has 0 amide bonds. The Morgan fingerprint density at radius 1 is 0.645 bits per heavy atom. The molecule has 328 valence electrons. The van der Waals surface area contributed by atoms with E-state index in [1.54, 1.807) is 0 Å². The van der Waals surface area contributed by atoms with Gasteiger partial charge < -0.3 is 24.8 Å². The number of halogens is 8. The predicted molar refractivity (Wildman–Crippen MR) is 233 cm³/mol. The summed E-state index contributed by atoms with van der Waals surface area (Å²) in [7, 11) is 0. The Bertz CT molecular complexity index is 2320. The van der Waals surface area contributed by atoms with Gasteiger partial charge in [0.2, 0.25) is 0 Å². The molecule has 0 unspecified atom stereocenters. The molecule has 9 heteroatoms. The third kappa shape index (κ3) is 11.0. The molecule has 0 aromatic heterocycles. The zero-order valence-electron chi connectivity index (χ0n) is 37.0. The number of rotatable bonds is 3. The number of aryl methyl sites for hydroxylation is 1. The third-order valence-corrected chi connectivity index (χ3v) is 13.6. The quantitative estimate of drug-likeness (QED) is 0.123. The van der Waals surface area contributed by atoms with Gasteiger partial charge in [0.1, 0.15) is 0 Å². The Morgan fingerprint density at radius 2 is 1.11 bits per heavy atom. The molecule has 0 N–H and O–H groups in total. The molecule has 8 rings (SSSR count). The zero-order chi connectivity index (χ0) is 44.2. The molecule has 0 fully saturated rings. The molecule has 0 nitrogen and oxygen atoms in total. The van der Waals surface area contributed by atoms with E-state index in [9.17, 15) is 26.3 Å². The number of hydrogen-bond donors (Lipinski definition) is 0. The van der Waals surface area contributed by atoms with Crippen LogP contribution in [0.3, 0.4) is 0 Å². The molecule has 5 aromatic carbocycles. The van der Waals surface area contributed by atoms with Gasteiger partial charge in [-0.1, -0.05) is 102 Å². The van der Waals surface area contributed by atoms with Crippen LogP contribution in [0.15, 0.2) is 103 Å². The summed E-state index contributed by atoms with van der Waals surface area (Å²) in [6.45, 7) is 22.9. The normalized spacial score (nSPS) is 15.5. The van der Waals surface area contributed by atoms with E-state index in [0.29, 0.717) is 19.7 Å². The van der Waals surface area contributed by atoms with Gasteiger partial charge in [0.15, 0.2) is 0 Å². The molecule has 0 saturated carbocycles.